The van der Waals surface area contributed by atoms with Crippen molar-refractivity contribution in [3.8, 4) is 0 Å². The van der Waals surface area contributed by atoms with Crippen LogP contribution in [0.15, 0.2) is 36.4 Å². The van der Waals surface area contributed by atoms with Gasteiger partial charge in [0.2, 0.25) is 0 Å². The number of esters is 1. The standard InChI is InChI=1S/C21H21F2N3O3/c1-4-25-13(3)26(12-19(27)24-20-15(22)7-6-8-16(20)23)18-11-14(9-10-17(18)25)21(28)29-5-2/h6-11H,4-5,12H2,1-3H3/p+1. The van der Waals surface area contributed by atoms with Crippen LogP contribution in [0.4, 0.5) is 14.5 Å². The molecule has 8 heteroatoms. The Hall–Kier alpha value is -3.29. The molecule has 6 nitrogen and oxygen atoms in total. The van der Waals surface area contributed by atoms with Gasteiger partial charge in [-0.1, -0.05) is 6.07 Å². The van der Waals surface area contributed by atoms with Gasteiger partial charge in [0.25, 0.3) is 11.7 Å². The third-order valence-corrected chi connectivity index (χ3v) is 4.69. The zero-order chi connectivity index (χ0) is 21.1. The Labute approximate surface area is 166 Å². The summed E-state index contributed by atoms with van der Waals surface area (Å²) in [4.78, 5) is 24.6. The van der Waals surface area contributed by atoms with Gasteiger partial charge in [-0.25, -0.2) is 22.7 Å². The number of hydrogen-bond acceptors (Lipinski definition) is 3. The smallest absolute Gasteiger partial charge is 0.338 e. The lowest BCUT2D eigenvalue weighted by Crippen LogP contribution is -2.35. The fraction of sp³-hybridized carbons (Fsp3) is 0.286. The summed E-state index contributed by atoms with van der Waals surface area (Å²) in [6.45, 7) is 6.26. The van der Waals surface area contributed by atoms with Crippen molar-refractivity contribution in [3.63, 3.8) is 0 Å². The molecule has 152 valence electrons. The van der Waals surface area contributed by atoms with E-state index in [1.165, 1.54) is 6.07 Å². The van der Waals surface area contributed by atoms with Crippen molar-refractivity contribution in [2.24, 2.45) is 0 Å². The lowest BCUT2D eigenvalue weighted by molar-refractivity contribution is -0.674. The minimum absolute atomic E-state index is 0.171. The maximum absolute atomic E-state index is 13.8. The number of aryl methyl sites for hydroxylation is 1. The number of anilines is 1. The minimum atomic E-state index is -0.847. The van der Waals surface area contributed by atoms with Crippen molar-refractivity contribution in [1.29, 1.82) is 0 Å². The number of nitrogens with one attached hydrogen (secondary N) is 1. The third kappa shape index (κ3) is 3.96. The topological polar surface area (TPSA) is 64.2 Å². The molecule has 1 amide bonds. The molecule has 0 spiro atoms. The fourth-order valence-corrected chi connectivity index (χ4v) is 3.34. The molecular weight excluding hydrogens is 380 g/mol. The molecule has 0 unspecified atom stereocenters. The summed E-state index contributed by atoms with van der Waals surface area (Å²) in [5.74, 6) is -1.96. The number of para-hydroxylation sites is 1. The van der Waals surface area contributed by atoms with Crippen LogP contribution in [0.25, 0.3) is 11.0 Å². The Morgan fingerprint density at radius 2 is 1.83 bits per heavy atom. The largest absolute Gasteiger partial charge is 0.462 e. The number of aromatic nitrogens is 2. The minimum Gasteiger partial charge on any atom is -0.462 e. The van der Waals surface area contributed by atoms with E-state index < -0.39 is 29.2 Å². The van der Waals surface area contributed by atoms with E-state index >= 15 is 0 Å². The van der Waals surface area contributed by atoms with Crippen LogP contribution in [0.5, 0.6) is 0 Å². The Bertz CT molecular complexity index is 1070. The number of rotatable bonds is 6. The zero-order valence-electron chi connectivity index (χ0n) is 16.5. The van der Waals surface area contributed by atoms with E-state index in [-0.39, 0.29) is 13.2 Å². The molecule has 0 aliphatic carbocycles. The first-order chi connectivity index (χ1) is 13.9. The van der Waals surface area contributed by atoms with E-state index in [9.17, 15) is 18.4 Å². The normalized spacial score (nSPS) is 10.9. The van der Waals surface area contributed by atoms with Gasteiger partial charge in [-0.15, -0.1) is 0 Å². The van der Waals surface area contributed by atoms with Crippen LogP contribution < -0.4 is 9.88 Å². The molecule has 3 aromatic rings. The molecule has 0 bridgehead atoms. The van der Waals surface area contributed by atoms with Crippen LogP contribution in [-0.4, -0.2) is 23.1 Å². The summed E-state index contributed by atoms with van der Waals surface area (Å²) in [5, 5.41) is 2.29. The van der Waals surface area contributed by atoms with Crippen molar-refractivity contribution in [1.82, 2.24) is 4.57 Å². The number of carbonyl (C=O) groups is 2. The molecule has 0 radical (unpaired) electrons. The fourth-order valence-electron chi connectivity index (χ4n) is 3.34. The first-order valence-electron chi connectivity index (χ1n) is 9.31. The van der Waals surface area contributed by atoms with Crippen LogP contribution in [0.3, 0.4) is 0 Å². The van der Waals surface area contributed by atoms with Crippen LogP contribution in [0.2, 0.25) is 0 Å². The van der Waals surface area contributed by atoms with Gasteiger partial charge in [0.05, 0.1) is 18.7 Å². The summed E-state index contributed by atoms with van der Waals surface area (Å²) in [6.07, 6.45) is 0. The van der Waals surface area contributed by atoms with Gasteiger partial charge in [0.15, 0.2) is 17.6 Å². The highest BCUT2D eigenvalue weighted by Gasteiger charge is 2.25. The number of hydrogen-bond donors (Lipinski definition) is 1. The summed E-state index contributed by atoms with van der Waals surface area (Å²) in [5.41, 5.74) is 1.37. The highest BCUT2D eigenvalue weighted by atomic mass is 19.1. The molecule has 0 atom stereocenters. The Morgan fingerprint density at radius 1 is 1.14 bits per heavy atom. The monoisotopic (exact) mass is 402 g/mol. The van der Waals surface area contributed by atoms with E-state index in [1.807, 2.05) is 18.4 Å². The van der Waals surface area contributed by atoms with E-state index in [2.05, 4.69) is 5.32 Å². The van der Waals surface area contributed by atoms with E-state index in [4.69, 9.17) is 4.74 Å². The lowest BCUT2D eigenvalue weighted by Gasteiger charge is -2.07. The van der Waals surface area contributed by atoms with Crippen molar-refractivity contribution in [2.75, 3.05) is 11.9 Å². The van der Waals surface area contributed by atoms with Gasteiger partial charge in [-0.2, -0.15) is 0 Å². The number of amides is 1. The van der Waals surface area contributed by atoms with Crippen LogP contribution in [0.1, 0.15) is 30.0 Å². The molecule has 0 saturated heterocycles. The van der Waals surface area contributed by atoms with Gasteiger partial charge in [-0.3, -0.25) is 4.79 Å². The van der Waals surface area contributed by atoms with Gasteiger partial charge >= 0.3 is 5.97 Å². The first kappa shape index (κ1) is 20.4. The number of nitrogens with zero attached hydrogens (tertiary/aromatic N) is 2. The molecule has 1 aromatic heterocycles. The Morgan fingerprint density at radius 3 is 2.45 bits per heavy atom. The lowest BCUT2D eigenvalue weighted by atomic mass is 10.2. The number of carbonyl (C=O) groups excluding carboxylic acids is 2. The first-order valence-corrected chi connectivity index (χ1v) is 9.31. The molecule has 29 heavy (non-hydrogen) atoms. The number of fused-ring (bicyclic) bond motifs is 1. The maximum atomic E-state index is 13.8. The van der Waals surface area contributed by atoms with Gasteiger partial charge in [0.1, 0.15) is 17.3 Å². The molecule has 0 aliphatic rings. The zero-order valence-corrected chi connectivity index (χ0v) is 16.5. The number of imidazole rings is 1. The second kappa shape index (κ2) is 8.38. The Balaban J connectivity index is 1.99. The highest BCUT2D eigenvalue weighted by Crippen LogP contribution is 2.20. The van der Waals surface area contributed by atoms with Crippen molar-refractivity contribution in [2.45, 2.75) is 33.9 Å². The average molecular weight is 402 g/mol. The summed E-state index contributed by atoms with van der Waals surface area (Å²) in [6, 6.07) is 8.50. The second-order valence-electron chi connectivity index (χ2n) is 6.45. The molecule has 0 aliphatic heterocycles. The third-order valence-electron chi connectivity index (χ3n) is 4.69. The molecule has 0 saturated carbocycles. The van der Waals surface area contributed by atoms with Crippen molar-refractivity contribution in [3.05, 3.63) is 59.4 Å². The quantitative estimate of drug-likeness (QED) is 0.508. The van der Waals surface area contributed by atoms with Crippen molar-refractivity contribution >= 4 is 28.6 Å². The molecule has 3 rings (SSSR count). The molecule has 0 fully saturated rings. The average Bonchev–Trinajstić information content (AvgIpc) is 2.95. The highest BCUT2D eigenvalue weighted by molar-refractivity contribution is 5.94. The molecule has 2 aromatic carbocycles. The maximum Gasteiger partial charge on any atom is 0.338 e. The van der Waals surface area contributed by atoms with Gasteiger partial charge < -0.3 is 10.1 Å². The number of ether oxygens (including phenoxy) is 1. The second-order valence-corrected chi connectivity index (χ2v) is 6.45. The number of halogens is 2. The predicted molar refractivity (Wildman–Crippen MR) is 103 cm³/mol. The SMILES string of the molecule is CCOC(=O)c1ccc2c(c1)n(CC(=O)Nc1c(F)cccc1F)c(C)[n+]2CC. The van der Waals surface area contributed by atoms with Crippen molar-refractivity contribution < 1.29 is 27.7 Å². The number of benzene rings is 2. The Kier molecular flexibility index (Phi) is 5.91. The van der Waals surface area contributed by atoms with E-state index in [0.717, 1.165) is 23.5 Å². The van der Waals surface area contributed by atoms with Crippen LogP contribution >= 0.6 is 0 Å². The summed E-state index contributed by atoms with van der Waals surface area (Å²) >= 11 is 0. The van der Waals surface area contributed by atoms with Crippen LogP contribution in [-0.2, 0) is 22.6 Å². The molecule has 1 N–H and O–H groups in total. The molecular formula is C21H22F2N3O3+. The van der Waals surface area contributed by atoms with Gasteiger partial charge in [-0.05, 0) is 38.1 Å². The molecule has 1 heterocycles. The van der Waals surface area contributed by atoms with Gasteiger partial charge in [0, 0.05) is 13.0 Å². The summed E-state index contributed by atoms with van der Waals surface area (Å²) < 4.78 is 36.4. The van der Waals surface area contributed by atoms with Crippen LogP contribution in [0, 0.1) is 18.6 Å². The predicted octanol–water partition coefficient (Wildman–Crippen LogP) is 3.35. The van der Waals surface area contributed by atoms with E-state index in [0.29, 0.717) is 17.6 Å². The summed E-state index contributed by atoms with van der Waals surface area (Å²) in [7, 11) is 0. The van der Waals surface area contributed by atoms with E-state index in [1.54, 1.807) is 29.7 Å².